The Kier molecular flexibility index (Phi) is 5.52. The van der Waals surface area contributed by atoms with E-state index in [0.717, 1.165) is 22.7 Å². The van der Waals surface area contributed by atoms with E-state index in [-0.39, 0.29) is 11.3 Å². The molecule has 0 aliphatic heterocycles. The number of rotatable bonds is 5. The fourth-order valence-corrected chi connectivity index (χ4v) is 3.15. The molecular weight excluding hydrogens is 334 g/mol. The summed E-state index contributed by atoms with van der Waals surface area (Å²) in [7, 11) is 0. The molecule has 0 radical (unpaired) electrons. The van der Waals surface area contributed by atoms with Crippen molar-refractivity contribution in [3.63, 3.8) is 0 Å². The molecule has 0 fully saturated rings. The highest BCUT2D eigenvalue weighted by atomic mass is 16.5. The summed E-state index contributed by atoms with van der Waals surface area (Å²) >= 11 is 0. The van der Waals surface area contributed by atoms with Crippen LogP contribution >= 0.6 is 0 Å². The monoisotopic (exact) mass is 357 g/mol. The molecule has 1 unspecified atom stereocenters. The molecule has 0 spiro atoms. The molecule has 0 bridgehead atoms. The number of hydrogen-bond donors (Lipinski definition) is 0. The lowest BCUT2D eigenvalue weighted by molar-refractivity contribution is 0.299. The van der Waals surface area contributed by atoms with Crippen LogP contribution in [0.5, 0.6) is 5.75 Å². The Morgan fingerprint density at radius 3 is 2.33 bits per heavy atom. The van der Waals surface area contributed by atoms with Crippen molar-refractivity contribution < 1.29 is 4.74 Å². The van der Waals surface area contributed by atoms with E-state index in [4.69, 9.17) is 10.00 Å². The van der Waals surface area contributed by atoms with Gasteiger partial charge in [0.15, 0.2) is 0 Å². The lowest BCUT2D eigenvalue weighted by Crippen LogP contribution is -2.20. The summed E-state index contributed by atoms with van der Waals surface area (Å²) in [6.45, 7) is 7.01. The lowest BCUT2D eigenvalue weighted by atomic mass is 9.74. The molecule has 0 N–H and O–H groups in total. The molecule has 2 heterocycles. The summed E-state index contributed by atoms with van der Waals surface area (Å²) in [4.78, 5) is 8.92. The maximum atomic E-state index is 9.03. The SMILES string of the molecule is CC(C)(C)C(c1ccc(C#N)cc1)c1ccc(OCc2ccccn2)cn1. The van der Waals surface area contributed by atoms with Crippen molar-refractivity contribution in [2.45, 2.75) is 33.3 Å². The van der Waals surface area contributed by atoms with Crippen LogP contribution in [0.2, 0.25) is 0 Å². The zero-order valence-corrected chi connectivity index (χ0v) is 15.9. The summed E-state index contributed by atoms with van der Waals surface area (Å²) in [5, 5.41) is 9.03. The lowest BCUT2D eigenvalue weighted by Gasteiger charge is -2.31. The van der Waals surface area contributed by atoms with Crippen LogP contribution < -0.4 is 4.74 Å². The highest BCUT2D eigenvalue weighted by Gasteiger charge is 2.29. The van der Waals surface area contributed by atoms with Gasteiger partial charge in [0.1, 0.15) is 12.4 Å². The van der Waals surface area contributed by atoms with Gasteiger partial charge < -0.3 is 4.74 Å². The zero-order valence-electron chi connectivity index (χ0n) is 15.9. The van der Waals surface area contributed by atoms with Crippen molar-refractivity contribution in [1.29, 1.82) is 5.26 Å². The van der Waals surface area contributed by atoms with E-state index in [2.05, 4.69) is 36.8 Å². The smallest absolute Gasteiger partial charge is 0.138 e. The maximum Gasteiger partial charge on any atom is 0.138 e. The van der Waals surface area contributed by atoms with Gasteiger partial charge in [0.05, 0.1) is 23.5 Å². The molecule has 0 aliphatic rings. The van der Waals surface area contributed by atoms with Gasteiger partial charge in [-0.25, -0.2) is 0 Å². The summed E-state index contributed by atoms with van der Waals surface area (Å²) in [6.07, 6.45) is 3.52. The van der Waals surface area contributed by atoms with E-state index in [9.17, 15) is 0 Å². The van der Waals surface area contributed by atoms with Gasteiger partial charge in [0, 0.05) is 17.8 Å². The van der Waals surface area contributed by atoms with Gasteiger partial charge in [0.25, 0.3) is 0 Å². The number of hydrogen-bond acceptors (Lipinski definition) is 4. The second-order valence-electron chi connectivity index (χ2n) is 7.56. The van der Waals surface area contributed by atoms with E-state index in [1.807, 2.05) is 54.6 Å². The molecule has 27 heavy (non-hydrogen) atoms. The first-order valence-electron chi connectivity index (χ1n) is 8.96. The Labute approximate surface area is 160 Å². The van der Waals surface area contributed by atoms with Crippen molar-refractivity contribution in [2.24, 2.45) is 5.41 Å². The third-order valence-electron chi connectivity index (χ3n) is 4.41. The van der Waals surface area contributed by atoms with Gasteiger partial charge in [0.2, 0.25) is 0 Å². The van der Waals surface area contributed by atoms with Crippen molar-refractivity contribution in [3.8, 4) is 11.8 Å². The maximum absolute atomic E-state index is 9.03. The van der Waals surface area contributed by atoms with Crippen LogP contribution in [-0.2, 0) is 6.61 Å². The first-order chi connectivity index (χ1) is 13.0. The number of aromatic nitrogens is 2. The molecule has 4 nitrogen and oxygen atoms in total. The third kappa shape index (κ3) is 4.71. The van der Waals surface area contributed by atoms with Gasteiger partial charge >= 0.3 is 0 Å². The molecule has 2 aromatic heterocycles. The van der Waals surface area contributed by atoms with E-state index in [1.165, 1.54) is 0 Å². The predicted octanol–water partition coefficient (Wildman–Crippen LogP) is 5.11. The van der Waals surface area contributed by atoms with Crippen molar-refractivity contribution in [2.75, 3.05) is 0 Å². The van der Waals surface area contributed by atoms with Crippen LogP contribution in [0.4, 0.5) is 0 Å². The second-order valence-corrected chi connectivity index (χ2v) is 7.56. The van der Waals surface area contributed by atoms with E-state index in [1.54, 1.807) is 12.4 Å². The topological polar surface area (TPSA) is 58.8 Å². The standard InChI is InChI=1S/C23H23N3O/c1-23(2,3)22(18-9-7-17(14-24)8-10-18)21-12-11-20(15-26-21)27-16-19-6-4-5-13-25-19/h4-13,15,22H,16H2,1-3H3. The van der Waals surface area contributed by atoms with Crippen LogP contribution in [0, 0.1) is 16.7 Å². The average molecular weight is 357 g/mol. The fourth-order valence-electron chi connectivity index (χ4n) is 3.15. The molecule has 0 aliphatic carbocycles. The highest BCUT2D eigenvalue weighted by Crippen LogP contribution is 2.40. The first-order valence-corrected chi connectivity index (χ1v) is 8.96. The minimum absolute atomic E-state index is 0.0164. The number of pyridine rings is 2. The van der Waals surface area contributed by atoms with Crippen LogP contribution in [0.15, 0.2) is 67.0 Å². The Hall–Kier alpha value is -3.19. The minimum atomic E-state index is -0.0164. The number of nitriles is 1. The van der Waals surface area contributed by atoms with Gasteiger partial charge in [-0.1, -0.05) is 39.0 Å². The van der Waals surface area contributed by atoms with Crippen LogP contribution in [0.3, 0.4) is 0 Å². The second kappa shape index (κ2) is 8.01. The largest absolute Gasteiger partial charge is 0.486 e. The molecule has 4 heteroatoms. The van der Waals surface area contributed by atoms with Gasteiger partial charge in [-0.3, -0.25) is 9.97 Å². The Bertz CT molecular complexity index is 905. The highest BCUT2D eigenvalue weighted by molar-refractivity contribution is 5.38. The normalized spacial score (nSPS) is 12.2. The number of ether oxygens (including phenoxy) is 1. The first kappa shape index (κ1) is 18.6. The Balaban J connectivity index is 1.80. The summed E-state index contributed by atoms with van der Waals surface area (Å²) in [5.74, 6) is 0.840. The molecule has 3 aromatic rings. The minimum Gasteiger partial charge on any atom is -0.486 e. The summed E-state index contributed by atoms with van der Waals surface area (Å²) in [6, 6.07) is 19.6. The van der Waals surface area contributed by atoms with Gasteiger partial charge in [-0.05, 0) is 47.4 Å². The average Bonchev–Trinajstić information content (AvgIpc) is 2.68. The van der Waals surface area contributed by atoms with Gasteiger partial charge in [-0.15, -0.1) is 0 Å². The van der Waals surface area contributed by atoms with E-state index < -0.39 is 0 Å². The quantitative estimate of drug-likeness (QED) is 0.637. The van der Waals surface area contributed by atoms with Crippen molar-refractivity contribution in [3.05, 3.63) is 89.5 Å². The molecular formula is C23H23N3O. The van der Waals surface area contributed by atoms with E-state index >= 15 is 0 Å². The molecule has 0 amide bonds. The van der Waals surface area contributed by atoms with Crippen LogP contribution in [-0.4, -0.2) is 9.97 Å². The predicted molar refractivity (Wildman–Crippen MR) is 105 cm³/mol. The van der Waals surface area contributed by atoms with Gasteiger partial charge in [-0.2, -0.15) is 5.26 Å². The zero-order chi connectivity index (χ0) is 19.3. The van der Waals surface area contributed by atoms with Crippen molar-refractivity contribution >= 4 is 0 Å². The molecule has 0 saturated heterocycles. The third-order valence-corrected chi connectivity index (χ3v) is 4.41. The molecule has 136 valence electrons. The molecule has 0 saturated carbocycles. The fraction of sp³-hybridized carbons (Fsp3) is 0.261. The molecule has 3 rings (SSSR count). The number of benzene rings is 1. The Morgan fingerprint density at radius 2 is 1.78 bits per heavy atom. The number of nitrogens with zero attached hydrogens (tertiary/aromatic N) is 3. The van der Waals surface area contributed by atoms with E-state index in [0.29, 0.717) is 12.2 Å². The van der Waals surface area contributed by atoms with Crippen LogP contribution in [0.25, 0.3) is 0 Å². The molecule has 1 atom stereocenters. The molecule has 1 aromatic carbocycles. The summed E-state index contributed by atoms with van der Waals surface area (Å²) < 4.78 is 5.79. The Morgan fingerprint density at radius 1 is 1.00 bits per heavy atom. The van der Waals surface area contributed by atoms with Crippen molar-refractivity contribution in [1.82, 2.24) is 9.97 Å². The summed E-state index contributed by atoms with van der Waals surface area (Å²) in [5.41, 5.74) is 3.66. The van der Waals surface area contributed by atoms with Crippen LogP contribution in [0.1, 0.15) is 49.2 Å².